The maximum atomic E-state index is 13.5. The number of amides is 2. The van der Waals surface area contributed by atoms with Crippen LogP contribution in [0, 0.1) is 5.92 Å². The number of methoxy groups -OCH3 is 1. The van der Waals surface area contributed by atoms with Crippen LogP contribution in [-0.4, -0.2) is 68.2 Å². The zero-order chi connectivity index (χ0) is 24.8. The smallest absolute Gasteiger partial charge is 0.320 e. The first-order valence-corrected chi connectivity index (χ1v) is 12.6. The first-order chi connectivity index (χ1) is 17.0. The molecule has 2 unspecified atom stereocenters. The number of urea groups is 1. The number of morpholine rings is 1. The quantitative estimate of drug-likeness (QED) is 0.408. The van der Waals surface area contributed by atoms with E-state index in [1.807, 2.05) is 34.1 Å². The Morgan fingerprint density at radius 1 is 1.11 bits per heavy atom. The lowest BCUT2D eigenvalue weighted by molar-refractivity contribution is 0.0391. The van der Waals surface area contributed by atoms with Crippen molar-refractivity contribution >= 4 is 29.2 Å². The standard InChI is InChI=1S/C28H34ClN3O3/c1-4-21-9-11-22(12-10-21)23-17-24(19-32(18-23)28(33)31-13-15-35-16-14-31)27(34-3)30-20(2)25-7-5-6-8-26(25)29/h5-12,23-24H,2,4,13-19H2,1,3H3. The number of nitrogens with zero attached hydrogens (tertiary/aromatic N) is 3. The van der Waals surface area contributed by atoms with Crippen LogP contribution in [0.2, 0.25) is 5.02 Å². The molecule has 2 aliphatic rings. The predicted octanol–water partition coefficient (Wildman–Crippen LogP) is 5.48. The first kappa shape index (κ1) is 25.3. The molecule has 0 bridgehead atoms. The molecule has 35 heavy (non-hydrogen) atoms. The van der Waals surface area contributed by atoms with E-state index < -0.39 is 0 Å². The maximum Gasteiger partial charge on any atom is 0.320 e. The van der Waals surface area contributed by atoms with Gasteiger partial charge in [-0.05, 0) is 30.0 Å². The van der Waals surface area contributed by atoms with Gasteiger partial charge in [-0.15, -0.1) is 0 Å². The first-order valence-electron chi connectivity index (χ1n) is 12.3. The number of carbonyl (C=O) groups is 1. The van der Waals surface area contributed by atoms with Gasteiger partial charge in [0.15, 0.2) is 5.90 Å². The molecule has 2 fully saturated rings. The summed E-state index contributed by atoms with van der Waals surface area (Å²) in [5, 5.41) is 0.596. The Kier molecular flexibility index (Phi) is 8.47. The number of hydrogen-bond acceptors (Lipinski definition) is 4. The number of halogens is 1. The van der Waals surface area contributed by atoms with Gasteiger partial charge in [0.1, 0.15) is 0 Å². The van der Waals surface area contributed by atoms with Crippen molar-refractivity contribution in [3.8, 4) is 0 Å². The summed E-state index contributed by atoms with van der Waals surface area (Å²) in [6, 6.07) is 16.3. The molecule has 0 aliphatic carbocycles. The predicted molar refractivity (Wildman–Crippen MR) is 141 cm³/mol. The van der Waals surface area contributed by atoms with Crippen LogP contribution in [0.3, 0.4) is 0 Å². The Balaban J connectivity index is 1.61. The number of benzene rings is 2. The highest BCUT2D eigenvalue weighted by atomic mass is 35.5. The fourth-order valence-electron chi connectivity index (χ4n) is 4.85. The normalized spacial score (nSPS) is 21.1. The Labute approximate surface area is 213 Å². The molecule has 0 saturated carbocycles. The van der Waals surface area contributed by atoms with Crippen molar-refractivity contribution in [3.05, 3.63) is 76.8 Å². The second kappa shape index (κ2) is 11.7. The molecular formula is C28H34ClN3O3. The number of piperidine rings is 1. The number of rotatable bonds is 5. The summed E-state index contributed by atoms with van der Waals surface area (Å²) in [7, 11) is 1.63. The second-order valence-corrected chi connectivity index (χ2v) is 9.50. The molecule has 2 atom stereocenters. The monoisotopic (exact) mass is 495 g/mol. The molecule has 0 spiro atoms. The topological polar surface area (TPSA) is 54.4 Å². The summed E-state index contributed by atoms with van der Waals surface area (Å²) < 4.78 is 11.2. The van der Waals surface area contributed by atoms with E-state index in [9.17, 15) is 4.79 Å². The minimum absolute atomic E-state index is 0.0496. The van der Waals surface area contributed by atoms with Gasteiger partial charge in [-0.2, -0.15) is 0 Å². The van der Waals surface area contributed by atoms with Crippen molar-refractivity contribution in [2.75, 3.05) is 46.5 Å². The zero-order valence-electron chi connectivity index (χ0n) is 20.6. The molecule has 2 saturated heterocycles. The number of aryl methyl sites for hydroxylation is 1. The number of ether oxygens (including phenoxy) is 2. The van der Waals surface area contributed by atoms with Crippen LogP contribution in [0.5, 0.6) is 0 Å². The van der Waals surface area contributed by atoms with Crippen LogP contribution in [0.4, 0.5) is 4.79 Å². The van der Waals surface area contributed by atoms with Crippen LogP contribution in [0.1, 0.15) is 36.0 Å². The molecule has 4 rings (SSSR count). The van der Waals surface area contributed by atoms with Crippen molar-refractivity contribution < 1.29 is 14.3 Å². The lowest BCUT2D eigenvalue weighted by Gasteiger charge is -2.41. The van der Waals surface area contributed by atoms with Gasteiger partial charge in [0.2, 0.25) is 0 Å². The molecule has 6 nitrogen and oxygen atoms in total. The highest BCUT2D eigenvalue weighted by Crippen LogP contribution is 2.33. The van der Waals surface area contributed by atoms with Crippen LogP contribution in [0.15, 0.2) is 60.1 Å². The van der Waals surface area contributed by atoms with E-state index in [2.05, 4.69) is 37.8 Å². The van der Waals surface area contributed by atoms with E-state index in [1.165, 1.54) is 11.1 Å². The highest BCUT2D eigenvalue weighted by Gasteiger charge is 2.36. The van der Waals surface area contributed by atoms with E-state index in [-0.39, 0.29) is 17.9 Å². The third-order valence-electron chi connectivity index (χ3n) is 6.85. The van der Waals surface area contributed by atoms with E-state index in [4.69, 9.17) is 26.1 Å². The molecule has 2 heterocycles. The van der Waals surface area contributed by atoms with Gasteiger partial charge in [-0.1, -0.05) is 67.6 Å². The Bertz CT molecular complexity index is 1060. The summed E-state index contributed by atoms with van der Waals surface area (Å²) in [6.45, 7) is 9.89. The molecule has 7 heteroatoms. The minimum Gasteiger partial charge on any atom is -0.484 e. The van der Waals surface area contributed by atoms with E-state index in [0.29, 0.717) is 56.0 Å². The number of carbonyl (C=O) groups excluding carboxylic acids is 1. The average molecular weight is 496 g/mol. The summed E-state index contributed by atoms with van der Waals surface area (Å²) in [5.74, 6) is 0.692. The van der Waals surface area contributed by atoms with Gasteiger partial charge < -0.3 is 19.3 Å². The van der Waals surface area contributed by atoms with E-state index in [1.54, 1.807) is 7.11 Å². The molecule has 2 amide bonds. The third-order valence-corrected chi connectivity index (χ3v) is 7.18. The molecular weight excluding hydrogens is 462 g/mol. The van der Waals surface area contributed by atoms with Gasteiger partial charge in [0.25, 0.3) is 0 Å². The lowest BCUT2D eigenvalue weighted by Crippen LogP contribution is -2.53. The van der Waals surface area contributed by atoms with Crippen molar-refractivity contribution in [2.24, 2.45) is 10.9 Å². The fourth-order valence-corrected chi connectivity index (χ4v) is 5.09. The van der Waals surface area contributed by atoms with Gasteiger partial charge in [-0.3, -0.25) is 0 Å². The summed E-state index contributed by atoms with van der Waals surface area (Å²) >= 11 is 6.37. The van der Waals surface area contributed by atoms with Gasteiger partial charge >= 0.3 is 6.03 Å². The second-order valence-electron chi connectivity index (χ2n) is 9.09. The SMILES string of the molecule is C=C(N=C(OC)C1CC(c2ccc(CC)cc2)CN(C(=O)N2CCOCC2)C1)c1ccccc1Cl. The molecule has 2 aliphatic heterocycles. The third kappa shape index (κ3) is 6.06. The van der Waals surface area contributed by atoms with Crippen molar-refractivity contribution in [1.82, 2.24) is 9.80 Å². The minimum atomic E-state index is -0.0613. The van der Waals surface area contributed by atoms with E-state index >= 15 is 0 Å². The largest absolute Gasteiger partial charge is 0.484 e. The van der Waals surface area contributed by atoms with Gasteiger partial charge in [0.05, 0.1) is 31.9 Å². The Hall–Kier alpha value is -2.83. The number of hydrogen-bond donors (Lipinski definition) is 0. The van der Waals surface area contributed by atoms with Crippen molar-refractivity contribution in [3.63, 3.8) is 0 Å². The number of likely N-dealkylation sites (tertiary alicyclic amines) is 1. The van der Waals surface area contributed by atoms with Crippen LogP contribution < -0.4 is 0 Å². The molecule has 0 aromatic heterocycles. The molecule has 2 aromatic carbocycles. The summed E-state index contributed by atoms with van der Waals surface area (Å²) in [5.41, 5.74) is 3.85. The Morgan fingerprint density at radius 3 is 2.49 bits per heavy atom. The average Bonchev–Trinajstić information content (AvgIpc) is 2.91. The summed E-state index contributed by atoms with van der Waals surface area (Å²) in [6.07, 6.45) is 1.83. The molecule has 2 aromatic rings. The fraction of sp³-hybridized carbons (Fsp3) is 0.429. The highest BCUT2D eigenvalue weighted by molar-refractivity contribution is 6.32. The van der Waals surface area contributed by atoms with Gasteiger partial charge in [0, 0.05) is 42.7 Å². The van der Waals surface area contributed by atoms with E-state index in [0.717, 1.165) is 18.4 Å². The van der Waals surface area contributed by atoms with Crippen LogP contribution in [0.25, 0.3) is 5.70 Å². The maximum absolute atomic E-state index is 13.5. The Morgan fingerprint density at radius 2 is 1.83 bits per heavy atom. The van der Waals surface area contributed by atoms with Crippen molar-refractivity contribution in [1.29, 1.82) is 0 Å². The number of aliphatic imine (C=N–C) groups is 1. The molecule has 186 valence electrons. The zero-order valence-corrected chi connectivity index (χ0v) is 21.3. The lowest BCUT2D eigenvalue weighted by atomic mass is 9.84. The van der Waals surface area contributed by atoms with Crippen molar-refractivity contribution in [2.45, 2.75) is 25.7 Å². The molecule has 0 radical (unpaired) electrons. The summed E-state index contributed by atoms with van der Waals surface area (Å²) in [4.78, 5) is 22.0. The van der Waals surface area contributed by atoms with Gasteiger partial charge in [-0.25, -0.2) is 9.79 Å². The van der Waals surface area contributed by atoms with Crippen LogP contribution >= 0.6 is 11.6 Å². The molecule has 0 N–H and O–H groups in total. The van der Waals surface area contributed by atoms with Crippen LogP contribution in [-0.2, 0) is 15.9 Å².